The second-order valence-corrected chi connectivity index (χ2v) is 5.13. The maximum absolute atomic E-state index is 12.7. The maximum Gasteiger partial charge on any atom is 0.266 e. The first-order chi connectivity index (χ1) is 10.8. The minimum Gasteiger partial charge on any atom is -0.309 e. The largest absolute Gasteiger partial charge is 0.309 e. The lowest BCUT2D eigenvalue weighted by molar-refractivity contribution is -0.120. The molecule has 0 radical (unpaired) electrons. The molecule has 4 nitrogen and oxygen atoms in total. The van der Waals surface area contributed by atoms with Crippen molar-refractivity contribution in [1.82, 2.24) is 5.32 Å². The molecule has 1 unspecified atom stereocenters. The Bertz CT molecular complexity index is 709. The monoisotopic (exact) mass is 293 g/mol. The van der Waals surface area contributed by atoms with Gasteiger partial charge < -0.3 is 4.90 Å². The van der Waals surface area contributed by atoms with Crippen LogP contribution in [0.4, 0.5) is 5.69 Å². The van der Waals surface area contributed by atoms with Crippen molar-refractivity contribution < 1.29 is 4.79 Å². The Morgan fingerprint density at radius 3 is 2.45 bits per heavy atom. The van der Waals surface area contributed by atoms with Crippen molar-refractivity contribution in [2.24, 2.45) is 4.99 Å². The summed E-state index contributed by atoms with van der Waals surface area (Å²) in [4.78, 5) is 19.2. The van der Waals surface area contributed by atoms with Crippen molar-refractivity contribution in [2.75, 3.05) is 18.5 Å². The van der Waals surface area contributed by atoms with E-state index in [0.717, 1.165) is 22.5 Å². The van der Waals surface area contributed by atoms with Crippen LogP contribution in [0.2, 0.25) is 0 Å². The van der Waals surface area contributed by atoms with Gasteiger partial charge in [-0.25, -0.2) is 0 Å². The molecule has 0 aromatic heterocycles. The third-order valence-electron chi connectivity index (χ3n) is 3.85. The molecule has 1 heterocycles. The SMILES string of the molecule is CCN1C(=O)C(NC)N=C(c2ccccc2)c2ccccc21. The Morgan fingerprint density at radius 1 is 1.09 bits per heavy atom. The number of para-hydroxylation sites is 1. The molecule has 22 heavy (non-hydrogen) atoms. The summed E-state index contributed by atoms with van der Waals surface area (Å²) >= 11 is 0. The number of rotatable bonds is 3. The van der Waals surface area contributed by atoms with Crippen molar-refractivity contribution in [3.8, 4) is 0 Å². The second-order valence-electron chi connectivity index (χ2n) is 5.13. The average Bonchev–Trinajstić information content (AvgIpc) is 2.69. The van der Waals surface area contributed by atoms with Crippen LogP contribution in [0.25, 0.3) is 0 Å². The number of benzodiazepines with no additional fused rings is 1. The van der Waals surface area contributed by atoms with Crippen LogP contribution in [-0.2, 0) is 4.79 Å². The standard InChI is InChI=1S/C18H19N3O/c1-3-21-15-12-8-7-11-14(15)16(13-9-5-4-6-10-13)20-17(19-2)18(21)22/h4-12,17,19H,3H2,1-2H3. The molecular weight excluding hydrogens is 274 g/mol. The zero-order valence-corrected chi connectivity index (χ0v) is 12.8. The van der Waals surface area contributed by atoms with Gasteiger partial charge in [-0.1, -0.05) is 48.5 Å². The molecule has 1 N–H and O–H groups in total. The number of nitrogens with zero attached hydrogens (tertiary/aromatic N) is 2. The number of aliphatic imine (C=N–C) groups is 1. The highest BCUT2D eigenvalue weighted by Crippen LogP contribution is 2.27. The summed E-state index contributed by atoms with van der Waals surface area (Å²) in [5.41, 5.74) is 3.76. The van der Waals surface area contributed by atoms with E-state index in [1.54, 1.807) is 11.9 Å². The van der Waals surface area contributed by atoms with E-state index in [2.05, 4.69) is 5.32 Å². The van der Waals surface area contributed by atoms with E-state index < -0.39 is 6.17 Å². The maximum atomic E-state index is 12.7. The molecule has 0 aliphatic carbocycles. The van der Waals surface area contributed by atoms with Gasteiger partial charge >= 0.3 is 0 Å². The van der Waals surface area contributed by atoms with Crippen molar-refractivity contribution >= 4 is 17.3 Å². The molecule has 112 valence electrons. The van der Waals surface area contributed by atoms with Crippen LogP contribution in [0.15, 0.2) is 59.6 Å². The van der Waals surface area contributed by atoms with E-state index in [1.807, 2.05) is 61.5 Å². The highest BCUT2D eigenvalue weighted by Gasteiger charge is 2.29. The number of anilines is 1. The van der Waals surface area contributed by atoms with Crippen LogP contribution in [0.3, 0.4) is 0 Å². The molecule has 1 atom stereocenters. The fourth-order valence-corrected chi connectivity index (χ4v) is 2.77. The summed E-state index contributed by atoms with van der Waals surface area (Å²) in [6.07, 6.45) is -0.567. The molecule has 2 aromatic rings. The predicted octanol–water partition coefficient (Wildman–Crippen LogP) is 2.44. The fraction of sp³-hybridized carbons (Fsp3) is 0.222. The topological polar surface area (TPSA) is 44.7 Å². The van der Waals surface area contributed by atoms with E-state index in [4.69, 9.17) is 4.99 Å². The van der Waals surface area contributed by atoms with Gasteiger partial charge in [0.25, 0.3) is 5.91 Å². The van der Waals surface area contributed by atoms with Crippen molar-refractivity contribution in [3.63, 3.8) is 0 Å². The Kier molecular flexibility index (Phi) is 4.02. The van der Waals surface area contributed by atoms with Crippen LogP contribution < -0.4 is 10.2 Å². The lowest BCUT2D eigenvalue weighted by Crippen LogP contribution is -2.43. The van der Waals surface area contributed by atoms with E-state index in [9.17, 15) is 4.79 Å². The summed E-state index contributed by atoms with van der Waals surface area (Å²) < 4.78 is 0. The average molecular weight is 293 g/mol. The smallest absolute Gasteiger partial charge is 0.266 e. The van der Waals surface area contributed by atoms with Crippen LogP contribution in [0.1, 0.15) is 18.1 Å². The Hall–Kier alpha value is -2.46. The molecule has 0 bridgehead atoms. The molecule has 0 saturated heterocycles. The van der Waals surface area contributed by atoms with Gasteiger partial charge in [0.2, 0.25) is 0 Å². The molecule has 3 rings (SSSR count). The van der Waals surface area contributed by atoms with Gasteiger partial charge in [-0.3, -0.25) is 15.1 Å². The van der Waals surface area contributed by atoms with Gasteiger partial charge in [-0.2, -0.15) is 0 Å². The Morgan fingerprint density at radius 2 is 1.77 bits per heavy atom. The van der Waals surface area contributed by atoms with Gasteiger partial charge in [0.15, 0.2) is 6.17 Å². The van der Waals surface area contributed by atoms with Crippen LogP contribution >= 0.6 is 0 Å². The fourth-order valence-electron chi connectivity index (χ4n) is 2.77. The minimum atomic E-state index is -0.567. The van der Waals surface area contributed by atoms with Crippen molar-refractivity contribution in [2.45, 2.75) is 13.1 Å². The van der Waals surface area contributed by atoms with Gasteiger partial charge in [-0.05, 0) is 20.0 Å². The highest BCUT2D eigenvalue weighted by molar-refractivity contribution is 6.20. The molecule has 0 fully saturated rings. The normalized spacial score (nSPS) is 17.7. The van der Waals surface area contributed by atoms with Crippen molar-refractivity contribution in [1.29, 1.82) is 0 Å². The van der Waals surface area contributed by atoms with Gasteiger partial charge in [0, 0.05) is 17.7 Å². The number of nitrogens with one attached hydrogen (secondary N) is 1. The number of carbonyl (C=O) groups excluding carboxylic acids is 1. The summed E-state index contributed by atoms with van der Waals surface area (Å²) in [6, 6.07) is 17.9. The lowest BCUT2D eigenvalue weighted by atomic mass is 10.0. The predicted molar refractivity (Wildman–Crippen MR) is 89.4 cm³/mol. The Balaban J connectivity index is 2.24. The molecule has 1 aliphatic rings. The molecule has 4 heteroatoms. The number of likely N-dealkylation sites (N-methyl/N-ethyl adjacent to an activating group) is 2. The quantitative estimate of drug-likeness (QED) is 0.944. The van der Waals surface area contributed by atoms with E-state index in [1.165, 1.54) is 0 Å². The first kappa shape index (κ1) is 14.5. The number of hydrogen-bond acceptors (Lipinski definition) is 3. The Labute approximate surface area is 130 Å². The number of amides is 1. The third-order valence-corrected chi connectivity index (χ3v) is 3.85. The number of fused-ring (bicyclic) bond motifs is 1. The zero-order valence-electron chi connectivity index (χ0n) is 12.8. The van der Waals surface area contributed by atoms with E-state index in [0.29, 0.717) is 6.54 Å². The summed E-state index contributed by atoms with van der Waals surface area (Å²) in [6.45, 7) is 2.60. The first-order valence-corrected chi connectivity index (χ1v) is 7.47. The van der Waals surface area contributed by atoms with Gasteiger partial charge in [0.05, 0.1) is 11.4 Å². The zero-order chi connectivity index (χ0) is 15.5. The lowest BCUT2D eigenvalue weighted by Gasteiger charge is -2.23. The van der Waals surface area contributed by atoms with Gasteiger partial charge in [0.1, 0.15) is 0 Å². The number of benzene rings is 2. The molecule has 1 aliphatic heterocycles. The molecule has 0 spiro atoms. The third kappa shape index (κ3) is 2.42. The summed E-state index contributed by atoms with van der Waals surface area (Å²) in [5, 5.41) is 3.01. The second kappa shape index (κ2) is 6.12. The van der Waals surface area contributed by atoms with Gasteiger partial charge in [-0.15, -0.1) is 0 Å². The highest BCUT2D eigenvalue weighted by atomic mass is 16.2. The van der Waals surface area contributed by atoms with E-state index in [-0.39, 0.29) is 5.91 Å². The summed E-state index contributed by atoms with van der Waals surface area (Å²) in [7, 11) is 1.76. The first-order valence-electron chi connectivity index (χ1n) is 7.47. The van der Waals surface area contributed by atoms with Crippen LogP contribution in [0.5, 0.6) is 0 Å². The molecule has 2 aromatic carbocycles. The molecule has 1 amide bonds. The molecule has 0 saturated carbocycles. The van der Waals surface area contributed by atoms with Crippen LogP contribution in [0, 0.1) is 0 Å². The number of hydrogen-bond donors (Lipinski definition) is 1. The number of carbonyl (C=O) groups is 1. The molecular formula is C18H19N3O. The van der Waals surface area contributed by atoms with Crippen molar-refractivity contribution in [3.05, 3.63) is 65.7 Å². The van der Waals surface area contributed by atoms with E-state index >= 15 is 0 Å². The minimum absolute atomic E-state index is 0.0246. The summed E-state index contributed by atoms with van der Waals surface area (Å²) in [5.74, 6) is -0.0246. The van der Waals surface area contributed by atoms with Crippen LogP contribution in [-0.4, -0.2) is 31.4 Å².